The summed E-state index contributed by atoms with van der Waals surface area (Å²) < 4.78 is 25.6. The molecule has 0 unspecified atom stereocenters. The lowest BCUT2D eigenvalue weighted by Gasteiger charge is -1.97. The zero-order chi connectivity index (χ0) is 10.8. The first-order chi connectivity index (χ1) is 7.20. The van der Waals surface area contributed by atoms with Gasteiger partial charge in [-0.1, -0.05) is 6.07 Å². The van der Waals surface area contributed by atoms with Gasteiger partial charge in [0, 0.05) is 4.88 Å². The van der Waals surface area contributed by atoms with Crippen molar-refractivity contribution in [3.8, 4) is 10.4 Å². The molecule has 0 aliphatic heterocycles. The summed E-state index contributed by atoms with van der Waals surface area (Å²) >= 11 is 1.24. The van der Waals surface area contributed by atoms with Crippen LogP contribution in [0.25, 0.3) is 10.4 Å². The minimum absolute atomic E-state index is 0.565. The number of rotatable bonds is 2. The summed E-state index contributed by atoms with van der Waals surface area (Å²) in [6.07, 6.45) is 0.730. The average Bonchev–Trinajstić information content (AvgIpc) is 2.70. The largest absolute Gasteiger partial charge is 0.297 e. The number of thiophene rings is 1. The summed E-state index contributed by atoms with van der Waals surface area (Å²) in [7, 11) is 0. The standard InChI is InChI=1S/C11H6F2OS/c12-9-3-1-7(5-10(9)13)11-4-2-8(6-14)15-11/h1-6H. The van der Waals surface area contributed by atoms with Crippen LogP contribution in [0.5, 0.6) is 0 Å². The molecule has 4 heteroatoms. The van der Waals surface area contributed by atoms with Crippen LogP contribution in [0, 0.1) is 11.6 Å². The van der Waals surface area contributed by atoms with Gasteiger partial charge in [-0.25, -0.2) is 8.78 Å². The summed E-state index contributed by atoms with van der Waals surface area (Å²) in [5, 5.41) is 0. The van der Waals surface area contributed by atoms with E-state index in [0.29, 0.717) is 10.4 Å². The quantitative estimate of drug-likeness (QED) is 0.713. The van der Waals surface area contributed by atoms with Crippen molar-refractivity contribution >= 4 is 17.6 Å². The van der Waals surface area contributed by atoms with Gasteiger partial charge >= 0.3 is 0 Å². The van der Waals surface area contributed by atoms with E-state index in [9.17, 15) is 13.6 Å². The molecule has 0 N–H and O–H groups in total. The van der Waals surface area contributed by atoms with Gasteiger partial charge in [0.15, 0.2) is 17.9 Å². The first-order valence-electron chi connectivity index (χ1n) is 4.21. The molecular formula is C11H6F2OS. The Bertz CT molecular complexity index is 505. The van der Waals surface area contributed by atoms with Crippen LogP contribution in [0.2, 0.25) is 0 Å². The second kappa shape index (κ2) is 3.90. The average molecular weight is 224 g/mol. The molecule has 0 saturated heterocycles. The Balaban J connectivity index is 2.44. The van der Waals surface area contributed by atoms with Crippen molar-refractivity contribution in [3.63, 3.8) is 0 Å². The van der Waals surface area contributed by atoms with E-state index in [4.69, 9.17) is 0 Å². The first-order valence-corrected chi connectivity index (χ1v) is 5.03. The van der Waals surface area contributed by atoms with E-state index < -0.39 is 11.6 Å². The maximum atomic E-state index is 12.9. The van der Waals surface area contributed by atoms with Crippen LogP contribution in [0.3, 0.4) is 0 Å². The molecule has 76 valence electrons. The Hall–Kier alpha value is -1.55. The summed E-state index contributed by atoms with van der Waals surface area (Å²) in [6.45, 7) is 0. The third-order valence-electron chi connectivity index (χ3n) is 1.95. The first kappa shape index (κ1) is 9.98. The number of hydrogen-bond donors (Lipinski definition) is 0. The molecule has 2 aromatic rings. The Kier molecular flexibility index (Phi) is 2.60. The van der Waals surface area contributed by atoms with Crippen molar-refractivity contribution < 1.29 is 13.6 Å². The predicted molar refractivity (Wildman–Crippen MR) is 55.1 cm³/mol. The van der Waals surface area contributed by atoms with Gasteiger partial charge in [0.05, 0.1) is 4.88 Å². The Morgan fingerprint density at radius 3 is 2.47 bits per heavy atom. The lowest BCUT2D eigenvalue weighted by Crippen LogP contribution is -1.83. The van der Waals surface area contributed by atoms with E-state index in [1.54, 1.807) is 12.1 Å². The molecular weight excluding hydrogens is 218 g/mol. The van der Waals surface area contributed by atoms with Gasteiger partial charge < -0.3 is 0 Å². The van der Waals surface area contributed by atoms with E-state index in [1.165, 1.54) is 17.4 Å². The molecule has 0 aliphatic carbocycles. The number of carbonyl (C=O) groups is 1. The van der Waals surface area contributed by atoms with Gasteiger partial charge in [-0.3, -0.25) is 4.79 Å². The lowest BCUT2D eigenvalue weighted by molar-refractivity contribution is 0.112. The number of hydrogen-bond acceptors (Lipinski definition) is 2. The molecule has 0 atom stereocenters. The summed E-state index contributed by atoms with van der Waals surface area (Å²) in [6, 6.07) is 7.04. The third kappa shape index (κ3) is 1.94. The van der Waals surface area contributed by atoms with Gasteiger partial charge in [-0.05, 0) is 29.8 Å². The fourth-order valence-corrected chi connectivity index (χ4v) is 2.04. The highest BCUT2D eigenvalue weighted by atomic mass is 32.1. The van der Waals surface area contributed by atoms with Crippen LogP contribution in [-0.4, -0.2) is 6.29 Å². The van der Waals surface area contributed by atoms with Crippen molar-refractivity contribution in [1.29, 1.82) is 0 Å². The molecule has 1 aromatic carbocycles. The molecule has 15 heavy (non-hydrogen) atoms. The normalized spacial score (nSPS) is 10.3. The number of halogens is 2. The maximum Gasteiger partial charge on any atom is 0.160 e. The number of aldehydes is 1. The summed E-state index contributed by atoms with van der Waals surface area (Å²) in [4.78, 5) is 11.8. The molecule has 1 nitrogen and oxygen atoms in total. The maximum absolute atomic E-state index is 12.9. The molecule has 2 rings (SSSR count). The van der Waals surface area contributed by atoms with Crippen LogP contribution in [-0.2, 0) is 0 Å². The molecule has 0 spiro atoms. The Morgan fingerprint density at radius 1 is 1.07 bits per heavy atom. The van der Waals surface area contributed by atoms with E-state index in [0.717, 1.165) is 23.3 Å². The highest BCUT2D eigenvalue weighted by molar-refractivity contribution is 7.17. The number of carbonyl (C=O) groups excluding carboxylic acids is 1. The SMILES string of the molecule is O=Cc1ccc(-c2ccc(F)c(F)c2)s1. The monoisotopic (exact) mass is 224 g/mol. The fourth-order valence-electron chi connectivity index (χ4n) is 1.22. The molecule has 0 saturated carbocycles. The van der Waals surface area contributed by atoms with Crippen LogP contribution < -0.4 is 0 Å². The smallest absolute Gasteiger partial charge is 0.160 e. The van der Waals surface area contributed by atoms with Gasteiger partial charge in [-0.2, -0.15) is 0 Å². The van der Waals surface area contributed by atoms with Crippen molar-refractivity contribution in [3.05, 3.63) is 46.8 Å². The molecule has 1 aromatic heterocycles. The van der Waals surface area contributed by atoms with E-state index >= 15 is 0 Å². The predicted octanol–water partition coefficient (Wildman–Crippen LogP) is 3.51. The van der Waals surface area contributed by atoms with Gasteiger partial charge in [0.2, 0.25) is 0 Å². The molecule has 0 aliphatic rings. The highest BCUT2D eigenvalue weighted by Gasteiger charge is 2.06. The van der Waals surface area contributed by atoms with Crippen LogP contribution in [0.1, 0.15) is 9.67 Å². The zero-order valence-corrected chi connectivity index (χ0v) is 8.35. The molecule has 0 radical (unpaired) electrons. The van der Waals surface area contributed by atoms with Crippen molar-refractivity contribution in [2.45, 2.75) is 0 Å². The minimum Gasteiger partial charge on any atom is -0.297 e. The second-order valence-corrected chi connectivity index (χ2v) is 4.06. The van der Waals surface area contributed by atoms with Gasteiger partial charge in [0.25, 0.3) is 0 Å². The summed E-state index contributed by atoms with van der Waals surface area (Å²) in [5.74, 6) is -1.75. The second-order valence-electron chi connectivity index (χ2n) is 2.95. The molecule has 1 heterocycles. The van der Waals surface area contributed by atoms with Crippen LogP contribution in [0.4, 0.5) is 8.78 Å². The van der Waals surface area contributed by atoms with Crippen molar-refractivity contribution in [2.75, 3.05) is 0 Å². The van der Waals surface area contributed by atoms with Crippen molar-refractivity contribution in [2.24, 2.45) is 0 Å². The molecule has 0 fully saturated rings. The molecule has 0 bridgehead atoms. The fraction of sp³-hybridized carbons (Fsp3) is 0. The lowest BCUT2D eigenvalue weighted by atomic mass is 10.2. The van der Waals surface area contributed by atoms with Crippen LogP contribution >= 0.6 is 11.3 Å². The molecule has 0 amide bonds. The van der Waals surface area contributed by atoms with Crippen LogP contribution in [0.15, 0.2) is 30.3 Å². The van der Waals surface area contributed by atoms with E-state index in [2.05, 4.69) is 0 Å². The van der Waals surface area contributed by atoms with Crippen molar-refractivity contribution in [1.82, 2.24) is 0 Å². The Labute approximate surface area is 89.0 Å². The summed E-state index contributed by atoms with van der Waals surface area (Å²) in [5.41, 5.74) is 0.576. The zero-order valence-electron chi connectivity index (χ0n) is 7.54. The Morgan fingerprint density at radius 2 is 1.87 bits per heavy atom. The third-order valence-corrected chi connectivity index (χ3v) is 3.01. The van der Waals surface area contributed by atoms with E-state index in [1.807, 2.05) is 0 Å². The number of benzene rings is 1. The highest BCUT2D eigenvalue weighted by Crippen LogP contribution is 2.28. The van der Waals surface area contributed by atoms with Gasteiger partial charge in [-0.15, -0.1) is 11.3 Å². The topological polar surface area (TPSA) is 17.1 Å². The van der Waals surface area contributed by atoms with E-state index in [-0.39, 0.29) is 0 Å². The van der Waals surface area contributed by atoms with Gasteiger partial charge in [0.1, 0.15) is 0 Å². The minimum atomic E-state index is -0.881.